The van der Waals surface area contributed by atoms with Crippen LogP contribution < -0.4 is 5.32 Å². The van der Waals surface area contributed by atoms with E-state index in [4.69, 9.17) is 0 Å². The van der Waals surface area contributed by atoms with E-state index >= 15 is 0 Å². The Morgan fingerprint density at radius 2 is 1.95 bits per heavy atom. The van der Waals surface area contributed by atoms with Crippen molar-refractivity contribution in [2.24, 2.45) is 0 Å². The van der Waals surface area contributed by atoms with Gasteiger partial charge in [0, 0.05) is 25.2 Å². The van der Waals surface area contributed by atoms with Gasteiger partial charge in [-0.2, -0.15) is 0 Å². The molecule has 0 radical (unpaired) electrons. The summed E-state index contributed by atoms with van der Waals surface area (Å²) < 4.78 is 0. The molecular formula is C17H26N2. The van der Waals surface area contributed by atoms with Gasteiger partial charge in [0.2, 0.25) is 0 Å². The van der Waals surface area contributed by atoms with Gasteiger partial charge in [0.1, 0.15) is 0 Å². The minimum atomic E-state index is 0.798. The van der Waals surface area contributed by atoms with E-state index in [1.165, 1.54) is 49.8 Å². The number of hydrogen-bond donors (Lipinski definition) is 1. The van der Waals surface area contributed by atoms with E-state index < -0.39 is 0 Å². The van der Waals surface area contributed by atoms with Gasteiger partial charge in [-0.1, -0.05) is 31.2 Å². The van der Waals surface area contributed by atoms with Crippen molar-refractivity contribution in [1.82, 2.24) is 10.2 Å². The maximum Gasteiger partial charge on any atom is 0.0236 e. The summed E-state index contributed by atoms with van der Waals surface area (Å²) >= 11 is 0. The highest BCUT2D eigenvalue weighted by Gasteiger charge is 2.28. The standard InChI is InChI=1S/C17H26N2/c1-2-10-19(17-8-9-17)13-15-5-3-4-14(11-15)12-18-16-6-7-16/h3-5,11,16-18H,2,6-10,12-13H2,1H3. The summed E-state index contributed by atoms with van der Waals surface area (Å²) in [5.74, 6) is 0. The van der Waals surface area contributed by atoms with E-state index in [0.29, 0.717) is 0 Å². The second kappa shape index (κ2) is 6.06. The molecule has 0 aromatic heterocycles. The highest BCUT2D eigenvalue weighted by Crippen LogP contribution is 2.28. The molecule has 104 valence electrons. The highest BCUT2D eigenvalue weighted by atomic mass is 15.2. The van der Waals surface area contributed by atoms with E-state index in [9.17, 15) is 0 Å². The summed E-state index contributed by atoms with van der Waals surface area (Å²) in [5.41, 5.74) is 2.92. The first-order chi connectivity index (χ1) is 9.35. The van der Waals surface area contributed by atoms with E-state index in [1.807, 2.05) is 0 Å². The predicted molar refractivity (Wildman–Crippen MR) is 80.0 cm³/mol. The summed E-state index contributed by atoms with van der Waals surface area (Å²) in [5, 5.41) is 3.60. The molecule has 1 aromatic rings. The number of hydrogen-bond acceptors (Lipinski definition) is 2. The van der Waals surface area contributed by atoms with Gasteiger partial charge in [0.25, 0.3) is 0 Å². The van der Waals surface area contributed by atoms with Crippen LogP contribution in [0.3, 0.4) is 0 Å². The minimum Gasteiger partial charge on any atom is -0.310 e. The lowest BCUT2D eigenvalue weighted by Gasteiger charge is -2.21. The fourth-order valence-electron chi connectivity index (χ4n) is 2.74. The Balaban J connectivity index is 1.57. The number of nitrogens with zero attached hydrogens (tertiary/aromatic N) is 1. The Hall–Kier alpha value is -0.860. The molecule has 0 unspecified atom stereocenters. The van der Waals surface area contributed by atoms with Crippen molar-refractivity contribution in [2.45, 2.75) is 64.2 Å². The zero-order chi connectivity index (χ0) is 13.1. The summed E-state index contributed by atoms with van der Waals surface area (Å²) in [4.78, 5) is 2.66. The molecule has 0 atom stereocenters. The van der Waals surface area contributed by atoms with Gasteiger partial charge >= 0.3 is 0 Å². The van der Waals surface area contributed by atoms with E-state index in [0.717, 1.165) is 25.2 Å². The van der Waals surface area contributed by atoms with Gasteiger partial charge in [0.15, 0.2) is 0 Å². The molecule has 19 heavy (non-hydrogen) atoms. The molecule has 0 amide bonds. The second-order valence-corrected chi connectivity index (χ2v) is 6.18. The SMILES string of the molecule is CCCN(Cc1cccc(CNC2CC2)c1)C1CC1. The first kappa shape index (κ1) is 13.1. The Bertz CT molecular complexity index is 407. The number of benzene rings is 1. The van der Waals surface area contributed by atoms with Gasteiger partial charge in [0.05, 0.1) is 0 Å². The second-order valence-electron chi connectivity index (χ2n) is 6.18. The fraction of sp³-hybridized carbons (Fsp3) is 0.647. The average molecular weight is 258 g/mol. The molecule has 1 aromatic carbocycles. The molecule has 0 spiro atoms. The lowest BCUT2D eigenvalue weighted by atomic mass is 10.1. The maximum absolute atomic E-state index is 3.60. The topological polar surface area (TPSA) is 15.3 Å². The molecule has 0 aliphatic heterocycles. The quantitative estimate of drug-likeness (QED) is 0.769. The van der Waals surface area contributed by atoms with Crippen LogP contribution in [0.15, 0.2) is 24.3 Å². The number of nitrogens with one attached hydrogen (secondary N) is 1. The summed E-state index contributed by atoms with van der Waals surface area (Å²) in [6.07, 6.45) is 6.81. The van der Waals surface area contributed by atoms with Crippen LogP contribution in [-0.2, 0) is 13.1 Å². The molecule has 2 aliphatic rings. The third-order valence-corrected chi connectivity index (χ3v) is 4.12. The lowest BCUT2D eigenvalue weighted by Crippen LogP contribution is -2.26. The Morgan fingerprint density at radius 3 is 2.63 bits per heavy atom. The van der Waals surface area contributed by atoms with Gasteiger partial charge in [-0.3, -0.25) is 4.90 Å². The molecule has 0 saturated heterocycles. The van der Waals surface area contributed by atoms with E-state index in [1.54, 1.807) is 0 Å². The normalized spacial score (nSPS) is 19.1. The van der Waals surface area contributed by atoms with Crippen LogP contribution >= 0.6 is 0 Å². The van der Waals surface area contributed by atoms with Crippen LogP contribution in [-0.4, -0.2) is 23.5 Å². The first-order valence-corrected chi connectivity index (χ1v) is 7.90. The van der Waals surface area contributed by atoms with Crippen molar-refractivity contribution < 1.29 is 0 Å². The summed E-state index contributed by atoms with van der Waals surface area (Å²) in [6.45, 7) is 5.70. The van der Waals surface area contributed by atoms with Crippen molar-refractivity contribution in [1.29, 1.82) is 0 Å². The van der Waals surface area contributed by atoms with Crippen molar-refractivity contribution in [3.8, 4) is 0 Å². The predicted octanol–water partition coefficient (Wildman–Crippen LogP) is 3.31. The Morgan fingerprint density at radius 1 is 1.16 bits per heavy atom. The molecular weight excluding hydrogens is 232 g/mol. The Kier molecular flexibility index (Phi) is 4.19. The summed E-state index contributed by atoms with van der Waals surface area (Å²) in [7, 11) is 0. The monoisotopic (exact) mass is 258 g/mol. The minimum absolute atomic E-state index is 0.798. The van der Waals surface area contributed by atoms with Crippen molar-refractivity contribution in [3.05, 3.63) is 35.4 Å². The summed E-state index contributed by atoms with van der Waals surface area (Å²) in [6, 6.07) is 10.8. The van der Waals surface area contributed by atoms with Crippen LogP contribution in [0, 0.1) is 0 Å². The van der Waals surface area contributed by atoms with Crippen molar-refractivity contribution >= 4 is 0 Å². The first-order valence-electron chi connectivity index (χ1n) is 7.90. The number of rotatable bonds is 8. The van der Waals surface area contributed by atoms with E-state index in [2.05, 4.69) is 41.4 Å². The van der Waals surface area contributed by atoms with Crippen LogP contribution in [0.5, 0.6) is 0 Å². The molecule has 0 heterocycles. The molecule has 2 fully saturated rings. The highest BCUT2D eigenvalue weighted by molar-refractivity contribution is 5.23. The molecule has 0 bridgehead atoms. The third-order valence-electron chi connectivity index (χ3n) is 4.12. The molecule has 2 heteroatoms. The van der Waals surface area contributed by atoms with Crippen molar-refractivity contribution in [3.63, 3.8) is 0 Å². The van der Waals surface area contributed by atoms with Gasteiger partial charge in [-0.25, -0.2) is 0 Å². The van der Waals surface area contributed by atoms with Gasteiger partial charge in [-0.05, 0) is 49.8 Å². The van der Waals surface area contributed by atoms with E-state index in [-0.39, 0.29) is 0 Å². The van der Waals surface area contributed by atoms with Crippen LogP contribution in [0.1, 0.15) is 50.2 Å². The fourth-order valence-corrected chi connectivity index (χ4v) is 2.74. The van der Waals surface area contributed by atoms with Crippen LogP contribution in [0.2, 0.25) is 0 Å². The molecule has 2 saturated carbocycles. The average Bonchev–Trinajstić information content (AvgIpc) is 3.30. The molecule has 2 nitrogen and oxygen atoms in total. The molecule has 2 aliphatic carbocycles. The smallest absolute Gasteiger partial charge is 0.0236 e. The Labute approximate surface area is 117 Å². The van der Waals surface area contributed by atoms with Crippen LogP contribution in [0.25, 0.3) is 0 Å². The maximum atomic E-state index is 3.60. The lowest BCUT2D eigenvalue weighted by molar-refractivity contribution is 0.255. The van der Waals surface area contributed by atoms with Crippen LogP contribution in [0.4, 0.5) is 0 Å². The van der Waals surface area contributed by atoms with Gasteiger partial charge in [-0.15, -0.1) is 0 Å². The molecule has 3 rings (SSSR count). The van der Waals surface area contributed by atoms with Gasteiger partial charge < -0.3 is 5.32 Å². The third kappa shape index (κ3) is 4.05. The zero-order valence-electron chi connectivity index (χ0n) is 12.1. The zero-order valence-corrected chi connectivity index (χ0v) is 12.1. The van der Waals surface area contributed by atoms with Crippen molar-refractivity contribution in [2.75, 3.05) is 6.54 Å². The molecule has 1 N–H and O–H groups in total. The largest absolute Gasteiger partial charge is 0.310 e.